The Balaban J connectivity index is 2.57. The van der Waals surface area contributed by atoms with Gasteiger partial charge in [-0.2, -0.15) is 0 Å². The summed E-state index contributed by atoms with van der Waals surface area (Å²) in [5.74, 6) is -0.443. The van der Waals surface area contributed by atoms with Gasteiger partial charge in [0.05, 0.1) is 0 Å². The Kier molecular flexibility index (Phi) is 7.51. The third-order valence-electron chi connectivity index (χ3n) is 4.33. The van der Waals surface area contributed by atoms with Crippen molar-refractivity contribution in [3.05, 3.63) is 0 Å². The molecule has 1 aliphatic heterocycles. The predicted octanol–water partition coefficient (Wildman–Crippen LogP) is 1.38. The lowest BCUT2D eigenvalue weighted by atomic mass is 10.0. The van der Waals surface area contributed by atoms with Crippen molar-refractivity contribution in [2.75, 3.05) is 13.1 Å². The van der Waals surface area contributed by atoms with Crippen molar-refractivity contribution in [2.24, 2.45) is 0 Å². The first-order valence-corrected chi connectivity index (χ1v) is 8.86. The van der Waals surface area contributed by atoms with Crippen LogP contribution < -0.4 is 16.0 Å². The van der Waals surface area contributed by atoms with Gasteiger partial charge in [0.2, 0.25) is 11.8 Å². The lowest BCUT2D eigenvalue weighted by molar-refractivity contribution is -0.139. The number of nitrogens with zero attached hydrogens (tertiary/aromatic N) is 1. The predicted molar refractivity (Wildman–Crippen MR) is 93.5 cm³/mol. The molecular weight excluding hydrogens is 308 g/mol. The molecule has 7 heteroatoms. The van der Waals surface area contributed by atoms with Crippen molar-refractivity contribution >= 4 is 17.8 Å². The molecule has 4 amide bonds. The van der Waals surface area contributed by atoms with Crippen LogP contribution in [-0.4, -0.2) is 53.5 Å². The third-order valence-corrected chi connectivity index (χ3v) is 4.33. The first kappa shape index (κ1) is 20.3. The molecule has 1 rings (SSSR count). The summed E-state index contributed by atoms with van der Waals surface area (Å²) in [7, 11) is 0. The molecule has 1 fully saturated rings. The number of nitrogens with one attached hydrogen (secondary N) is 3. The second kappa shape index (κ2) is 8.89. The number of carbonyl (C=O) groups excluding carboxylic acids is 3. The van der Waals surface area contributed by atoms with Gasteiger partial charge in [0, 0.05) is 19.1 Å². The lowest BCUT2D eigenvalue weighted by Crippen LogP contribution is -2.60. The van der Waals surface area contributed by atoms with Crippen LogP contribution in [0.5, 0.6) is 0 Å². The fraction of sp³-hybridized carbons (Fsp3) is 0.824. The van der Waals surface area contributed by atoms with Crippen molar-refractivity contribution in [1.29, 1.82) is 0 Å². The van der Waals surface area contributed by atoms with E-state index in [0.29, 0.717) is 6.54 Å². The van der Waals surface area contributed by atoms with E-state index in [1.54, 1.807) is 20.8 Å². The second-order valence-corrected chi connectivity index (χ2v) is 7.08. The van der Waals surface area contributed by atoms with Crippen molar-refractivity contribution < 1.29 is 14.4 Å². The normalized spacial score (nSPS) is 19.4. The van der Waals surface area contributed by atoms with Crippen LogP contribution in [0.3, 0.4) is 0 Å². The van der Waals surface area contributed by atoms with Crippen LogP contribution in [0.25, 0.3) is 0 Å². The summed E-state index contributed by atoms with van der Waals surface area (Å²) >= 11 is 0. The van der Waals surface area contributed by atoms with Gasteiger partial charge in [0.1, 0.15) is 11.6 Å². The molecule has 0 spiro atoms. The van der Waals surface area contributed by atoms with E-state index in [0.717, 1.165) is 32.2 Å². The van der Waals surface area contributed by atoms with Crippen LogP contribution in [0.2, 0.25) is 0 Å². The molecule has 0 aliphatic carbocycles. The average Bonchev–Trinajstić information content (AvgIpc) is 2.52. The summed E-state index contributed by atoms with van der Waals surface area (Å²) in [6.07, 6.45) is 3.95. The number of piperidine rings is 1. The van der Waals surface area contributed by atoms with E-state index in [1.165, 1.54) is 0 Å². The number of hydrogen-bond donors (Lipinski definition) is 3. The zero-order valence-corrected chi connectivity index (χ0v) is 15.6. The minimum absolute atomic E-state index is 0.0678. The molecule has 1 saturated heterocycles. The quantitative estimate of drug-likeness (QED) is 0.682. The monoisotopic (exact) mass is 340 g/mol. The molecule has 24 heavy (non-hydrogen) atoms. The average molecular weight is 340 g/mol. The van der Waals surface area contributed by atoms with E-state index in [1.807, 2.05) is 18.7 Å². The maximum atomic E-state index is 12.5. The largest absolute Gasteiger partial charge is 0.343 e. The summed E-state index contributed by atoms with van der Waals surface area (Å²) in [5, 5.41) is 8.03. The standard InChI is InChI=1S/C17H32N4O3/c1-6-10-18-16(24)20-17(4,5)15(23)19-13(3)14(22)21-11-8-7-9-12(21)2/h12-13H,6-11H2,1-5H3,(H,19,23)(H2,18,20,24)/t12-,13+/m0/s1. The highest BCUT2D eigenvalue weighted by molar-refractivity contribution is 5.94. The van der Waals surface area contributed by atoms with Crippen molar-refractivity contribution in [1.82, 2.24) is 20.9 Å². The fourth-order valence-electron chi connectivity index (χ4n) is 2.74. The summed E-state index contributed by atoms with van der Waals surface area (Å²) in [6, 6.07) is -0.796. The summed E-state index contributed by atoms with van der Waals surface area (Å²) < 4.78 is 0. The van der Waals surface area contributed by atoms with Crippen LogP contribution in [-0.2, 0) is 9.59 Å². The Morgan fingerprint density at radius 1 is 1.25 bits per heavy atom. The Bertz CT molecular complexity index is 465. The van der Waals surface area contributed by atoms with Gasteiger partial charge in [-0.3, -0.25) is 9.59 Å². The molecule has 1 heterocycles. The molecule has 1 aliphatic rings. The van der Waals surface area contributed by atoms with Gasteiger partial charge in [-0.1, -0.05) is 6.92 Å². The molecule has 0 aromatic rings. The van der Waals surface area contributed by atoms with Crippen LogP contribution in [0.1, 0.15) is 60.3 Å². The molecule has 0 bridgehead atoms. The number of amides is 4. The maximum absolute atomic E-state index is 12.5. The molecule has 0 unspecified atom stereocenters. The number of likely N-dealkylation sites (tertiary alicyclic amines) is 1. The van der Waals surface area contributed by atoms with Gasteiger partial charge < -0.3 is 20.9 Å². The highest BCUT2D eigenvalue weighted by Gasteiger charge is 2.33. The summed E-state index contributed by atoms with van der Waals surface area (Å²) in [6.45, 7) is 10.2. The Morgan fingerprint density at radius 2 is 1.92 bits per heavy atom. The van der Waals surface area contributed by atoms with Crippen LogP contribution in [0.15, 0.2) is 0 Å². The smallest absolute Gasteiger partial charge is 0.315 e. The molecule has 138 valence electrons. The fourth-order valence-corrected chi connectivity index (χ4v) is 2.74. The minimum atomic E-state index is -1.10. The first-order chi connectivity index (χ1) is 11.2. The number of rotatable bonds is 6. The maximum Gasteiger partial charge on any atom is 0.315 e. The van der Waals surface area contributed by atoms with E-state index < -0.39 is 11.6 Å². The third kappa shape index (κ3) is 5.69. The van der Waals surface area contributed by atoms with Crippen molar-refractivity contribution in [3.8, 4) is 0 Å². The van der Waals surface area contributed by atoms with Gasteiger partial charge in [-0.25, -0.2) is 4.79 Å². The van der Waals surface area contributed by atoms with Crippen molar-refractivity contribution in [3.63, 3.8) is 0 Å². The molecule has 0 radical (unpaired) electrons. The van der Waals surface area contributed by atoms with Crippen molar-refractivity contribution in [2.45, 2.75) is 77.9 Å². The minimum Gasteiger partial charge on any atom is -0.343 e. The Labute approximate surface area is 144 Å². The number of carbonyl (C=O) groups is 3. The van der Waals surface area contributed by atoms with E-state index in [-0.39, 0.29) is 23.9 Å². The molecule has 0 saturated carbocycles. The van der Waals surface area contributed by atoms with E-state index in [9.17, 15) is 14.4 Å². The number of urea groups is 1. The van der Waals surface area contributed by atoms with Gasteiger partial charge in [-0.05, 0) is 53.4 Å². The second-order valence-electron chi connectivity index (χ2n) is 7.08. The van der Waals surface area contributed by atoms with E-state index in [2.05, 4.69) is 16.0 Å². The van der Waals surface area contributed by atoms with Gasteiger partial charge in [0.15, 0.2) is 0 Å². The molecule has 0 aromatic heterocycles. The summed E-state index contributed by atoms with van der Waals surface area (Å²) in [5.41, 5.74) is -1.10. The SMILES string of the molecule is CCCNC(=O)NC(C)(C)C(=O)N[C@H](C)C(=O)N1CCCC[C@@H]1C. The topological polar surface area (TPSA) is 90.5 Å². The number of hydrogen-bond acceptors (Lipinski definition) is 3. The van der Waals surface area contributed by atoms with Gasteiger partial charge >= 0.3 is 6.03 Å². The Morgan fingerprint density at radius 3 is 2.50 bits per heavy atom. The van der Waals surface area contributed by atoms with Crippen LogP contribution in [0, 0.1) is 0 Å². The first-order valence-electron chi connectivity index (χ1n) is 8.86. The lowest BCUT2D eigenvalue weighted by Gasteiger charge is -2.36. The zero-order valence-electron chi connectivity index (χ0n) is 15.6. The molecule has 0 aromatic carbocycles. The molecule has 2 atom stereocenters. The molecular formula is C17H32N4O3. The highest BCUT2D eigenvalue weighted by atomic mass is 16.2. The highest BCUT2D eigenvalue weighted by Crippen LogP contribution is 2.17. The van der Waals surface area contributed by atoms with Gasteiger partial charge in [0.25, 0.3) is 0 Å². The van der Waals surface area contributed by atoms with Crippen LogP contribution in [0.4, 0.5) is 4.79 Å². The van der Waals surface area contributed by atoms with E-state index in [4.69, 9.17) is 0 Å². The Hall–Kier alpha value is -1.79. The van der Waals surface area contributed by atoms with Crippen LogP contribution >= 0.6 is 0 Å². The van der Waals surface area contributed by atoms with E-state index >= 15 is 0 Å². The van der Waals surface area contributed by atoms with Gasteiger partial charge in [-0.15, -0.1) is 0 Å². The summed E-state index contributed by atoms with van der Waals surface area (Å²) in [4.78, 5) is 38.6. The molecule has 3 N–H and O–H groups in total. The molecule has 7 nitrogen and oxygen atoms in total. The zero-order chi connectivity index (χ0) is 18.3.